The van der Waals surface area contributed by atoms with Crippen molar-refractivity contribution in [3.05, 3.63) is 94.4 Å². The van der Waals surface area contributed by atoms with E-state index in [-0.39, 0.29) is 0 Å². The van der Waals surface area contributed by atoms with Gasteiger partial charge in [-0.05, 0) is 59.9 Å². The molecule has 0 aliphatic carbocycles. The van der Waals surface area contributed by atoms with E-state index in [2.05, 4.69) is 26.9 Å². The summed E-state index contributed by atoms with van der Waals surface area (Å²) in [6.07, 6.45) is -0.552. The number of aromatic nitrogens is 3. The van der Waals surface area contributed by atoms with Crippen molar-refractivity contribution in [2.75, 3.05) is 0 Å². The van der Waals surface area contributed by atoms with Crippen LogP contribution in [0.5, 0.6) is 0 Å². The summed E-state index contributed by atoms with van der Waals surface area (Å²) in [4.78, 5) is 8.74. The average molecular weight is 416 g/mol. The molecule has 4 aromatic rings. The van der Waals surface area contributed by atoms with Gasteiger partial charge in [0.1, 0.15) is 5.69 Å². The average Bonchev–Trinajstić information content (AvgIpc) is 3.36. The number of halogens is 3. The fourth-order valence-electron chi connectivity index (χ4n) is 3.51. The first-order valence-corrected chi connectivity index (χ1v) is 9.58. The number of imidazole rings is 1. The molecule has 3 heterocycles. The van der Waals surface area contributed by atoms with E-state index in [0.29, 0.717) is 23.4 Å². The van der Waals surface area contributed by atoms with Crippen molar-refractivity contribution in [1.82, 2.24) is 14.6 Å². The Morgan fingerprint density at radius 2 is 1.90 bits per heavy atom. The first-order chi connectivity index (χ1) is 14.9. The van der Waals surface area contributed by atoms with Gasteiger partial charge in [0.2, 0.25) is 0 Å². The molecule has 5 rings (SSSR count). The smallest absolute Gasteiger partial charge is 0.252 e. The van der Waals surface area contributed by atoms with E-state index in [9.17, 15) is 13.2 Å². The van der Waals surface area contributed by atoms with Crippen LogP contribution in [0.3, 0.4) is 0 Å². The van der Waals surface area contributed by atoms with Gasteiger partial charge in [-0.1, -0.05) is 24.1 Å². The van der Waals surface area contributed by atoms with Gasteiger partial charge < -0.3 is 0 Å². The van der Waals surface area contributed by atoms with Gasteiger partial charge in [0.25, 0.3) is 0 Å². The van der Waals surface area contributed by atoms with Crippen LogP contribution >= 0.6 is 0 Å². The Morgan fingerprint density at radius 1 is 1.03 bits per heavy atom. The van der Waals surface area contributed by atoms with Crippen LogP contribution in [0, 0.1) is 18.8 Å². The van der Waals surface area contributed by atoms with E-state index in [0.717, 1.165) is 40.1 Å². The highest BCUT2D eigenvalue weighted by Crippen LogP contribution is 2.36. The lowest BCUT2D eigenvalue weighted by Crippen LogP contribution is -2.04. The minimum absolute atomic E-state index is 0.370. The third kappa shape index (κ3) is 3.57. The lowest BCUT2D eigenvalue weighted by Gasteiger charge is -2.07. The number of fused-ring (bicyclic) bond motifs is 2. The largest absolute Gasteiger partial charge is 0.416 e. The van der Waals surface area contributed by atoms with E-state index >= 15 is 0 Å². The van der Waals surface area contributed by atoms with Gasteiger partial charge in [-0.15, -0.1) is 0 Å². The first kappa shape index (κ1) is 19.1. The zero-order valence-electron chi connectivity index (χ0n) is 16.4. The van der Waals surface area contributed by atoms with Crippen LogP contribution in [0.15, 0.2) is 65.9 Å². The van der Waals surface area contributed by atoms with Gasteiger partial charge in [-0.3, -0.25) is 4.99 Å². The van der Waals surface area contributed by atoms with Crippen LogP contribution in [0.4, 0.5) is 18.9 Å². The second-order valence-corrected chi connectivity index (χ2v) is 7.29. The normalized spacial score (nSPS) is 13.0. The van der Waals surface area contributed by atoms with Gasteiger partial charge in [0.15, 0.2) is 5.65 Å². The summed E-state index contributed by atoms with van der Waals surface area (Å²) < 4.78 is 40.7. The van der Waals surface area contributed by atoms with Crippen molar-refractivity contribution in [3.63, 3.8) is 0 Å². The number of nitrogens with zero attached hydrogens (tertiary/aromatic N) is 4. The van der Waals surface area contributed by atoms with Crippen molar-refractivity contribution >= 4 is 17.0 Å². The molecule has 0 atom stereocenters. The maximum Gasteiger partial charge on any atom is 0.416 e. The summed E-state index contributed by atoms with van der Waals surface area (Å²) in [7, 11) is 0. The van der Waals surface area contributed by atoms with Crippen molar-refractivity contribution < 1.29 is 13.2 Å². The summed E-state index contributed by atoms with van der Waals surface area (Å²) in [5, 5.41) is 4.26. The molecule has 0 N–H and O–H groups in total. The SMILES string of the molecule is Cc1ccc(C2=Nc3cc(C(F)(F)F)ccc3C2)cc1C#Cc1cnc2cccnn12. The molecule has 152 valence electrons. The van der Waals surface area contributed by atoms with E-state index in [4.69, 9.17) is 0 Å². The molecule has 0 fully saturated rings. The summed E-state index contributed by atoms with van der Waals surface area (Å²) in [6.45, 7) is 1.96. The molecule has 0 bridgehead atoms. The minimum Gasteiger partial charge on any atom is -0.252 e. The molecule has 4 nitrogen and oxygen atoms in total. The minimum atomic E-state index is -4.38. The Morgan fingerprint density at radius 3 is 2.74 bits per heavy atom. The predicted molar refractivity (Wildman–Crippen MR) is 111 cm³/mol. The Hall–Kier alpha value is -3.92. The van der Waals surface area contributed by atoms with Crippen molar-refractivity contribution in [3.8, 4) is 11.8 Å². The second kappa shape index (κ2) is 7.10. The molecule has 2 aromatic heterocycles. The van der Waals surface area contributed by atoms with Crippen LogP contribution in [0.1, 0.15) is 33.5 Å². The zero-order valence-corrected chi connectivity index (χ0v) is 16.4. The van der Waals surface area contributed by atoms with Gasteiger partial charge in [-0.25, -0.2) is 9.50 Å². The molecule has 0 amide bonds. The standard InChI is InChI=1S/C24H15F3N4/c1-15-4-5-17(21-12-18-6-8-19(24(25,26)27)13-22(18)30-21)11-16(15)7-9-20-14-28-23-3-2-10-29-31(20)23/h2-6,8,10-11,13-14H,12H2,1H3. The van der Waals surface area contributed by atoms with Gasteiger partial charge in [-0.2, -0.15) is 18.3 Å². The number of aliphatic imine (C=N–C) groups is 1. The molecule has 1 aliphatic rings. The Labute approximate surface area is 176 Å². The van der Waals surface area contributed by atoms with Crippen LogP contribution < -0.4 is 0 Å². The van der Waals surface area contributed by atoms with Crippen LogP contribution in [0.2, 0.25) is 0 Å². The zero-order chi connectivity index (χ0) is 21.6. The second-order valence-electron chi connectivity index (χ2n) is 7.29. The molecule has 0 radical (unpaired) electrons. The number of benzene rings is 2. The predicted octanol–water partition coefficient (Wildman–Crippen LogP) is 5.13. The number of hydrogen-bond acceptors (Lipinski definition) is 3. The lowest BCUT2D eigenvalue weighted by molar-refractivity contribution is -0.137. The van der Waals surface area contributed by atoms with Crippen molar-refractivity contribution in [1.29, 1.82) is 0 Å². The maximum absolute atomic E-state index is 13.0. The van der Waals surface area contributed by atoms with Crippen LogP contribution in [0.25, 0.3) is 5.65 Å². The fraction of sp³-hybridized carbons (Fsp3) is 0.125. The van der Waals surface area contributed by atoms with Crippen molar-refractivity contribution in [2.24, 2.45) is 4.99 Å². The van der Waals surface area contributed by atoms with Crippen LogP contribution in [-0.2, 0) is 12.6 Å². The van der Waals surface area contributed by atoms with Crippen molar-refractivity contribution in [2.45, 2.75) is 19.5 Å². The quantitative estimate of drug-likeness (QED) is 0.404. The summed E-state index contributed by atoms with van der Waals surface area (Å²) in [5.41, 5.74) is 5.24. The third-order valence-electron chi connectivity index (χ3n) is 5.20. The Kier molecular flexibility index (Phi) is 4.36. The summed E-state index contributed by atoms with van der Waals surface area (Å²) in [5.74, 6) is 6.27. The van der Waals surface area contributed by atoms with Gasteiger partial charge in [0, 0.05) is 18.2 Å². The number of aryl methyl sites for hydroxylation is 1. The molecule has 2 aromatic carbocycles. The molecular weight excluding hydrogens is 401 g/mol. The van der Waals surface area contributed by atoms with Gasteiger partial charge >= 0.3 is 6.18 Å². The van der Waals surface area contributed by atoms with E-state index in [1.165, 1.54) is 6.07 Å². The lowest BCUT2D eigenvalue weighted by atomic mass is 9.99. The highest BCUT2D eigenvalue weighted by molar-refractivity contribution is 6.06. The maximum atomic E-state index is 13.0. The van der Waals surface area contributed by atoms with Gasteiger partial charge in [0.05, 0.1) is 23.2 Å². The van der Waals surface area contributed by atoms with E-state index < -0.39 is 11.7 Å². The Bertz CT molecular complexity index is 1420. The molecule has 0 unspecified atom stereocenters. The molecule has 0 saturated heterocycles. The molecule has 0 spiro atoms. The highest BCUT2D eigenvalue weighted by Gasteiger charge is 2.31. The van der Waals surface area contributed by atoms with Crippen LogP contribution in [-0.4, -0.2) is 20.3 Å². The Balaban J connectivity index is 1.48. The topological polar surface area (TPSA) is 42.5 Å². The van der Waals surface area contributed by atoms with E-state index in [1.54, 1.807) is 16.9 Å². The number of alkyl halides is 3. The molecule has 7 heteroatoms. The number of rotatable bonds is 1. The molecule has 1 aliphatic heterocycles. The highest BCUT2D eigenvalue weighted by atomic mass is 19.4. The first-order valence-electron chi connectivity index (χ1n) is 9.58. The monoisotopic (exact) mass is 416 g/mol. The molecule has 0 saturated carbocycles. The molecule has 31 heavy (non-hydrogen) atoms. The van der Waals surface area contributed by atoms with E-state index in [1.807, 2.05) is 37.3 Å². The summed E-state index contributed by atoms with van der Waals surface area (Å²) in [6, 6.07) is 13.2. The fourth-order valence-corrected chi connectivity index (χ4v) is 3.51. The summed E-state index contributed by atoms with van der Waals surface area (Å²) >= 11 is 0. The molecular formula is C24H15F3N4. The number of hydrogen-bond donors (Lipinski definition) is 0. The third-order valence-corrected chi connectivity index (χ3v) is 5.20.